The smallest absolute Gasteiger partial charge is 0.338 e. The van der Waals surface area contributed by atoms with Gasteiger partial charge in [-0.2, -0.15) is 5.26 Å². The molecule has 1 atom stereocenters. The van der Waals surface area contributed by atoms with Crippen LogP contribution in [0.3, 0.4) is 0 Å². The quantitative estimate of drug-likeness (QED) is 0.289. The maximum absolute atomic E-state index is 12.5. The van der Waals surface area contributed by atoms with Gasteiger partial charge in [0.1, 0.15) is 11.9 Å². The lowest BCUT2D eigenvalue weighted by Crippen LogP contribution is -2.10. The summed E-state index contributed by atoms with van der Waals surface area (Å²) in [5.74, 6) is 0.453. The van der Waals surface area contributed by atoms with Crippen molar-refractivity contribution in [3.63, 3.8) is 0 Å². The van der Waals surface area contributed by atoms with Gasteiger partial charge in [-0.25, -0.2) is 4.79 Å². The Labute approximate surface area is 184 Å². The highest BCUT2D eigenvalue weighted by Crippen LogP contribution is 2.25. The van der Waals surface area contributed by atoms with Gasteiger partial charge in [0.2, 0.25) is 0 Å². The van der Waals surface area contributed by atoms with Gasteiger partial charge in [-0.1, -0.05) is 62.2 Å². The molecule has 0 aliphatic heterocycles. The molecule has 0 heterocycles. The molecule has 1 unspecified atom stereocenters. The van der Waals surface area contributed by atoms with Crippen LogP contribution in [0.4, 0.5) is 0 Å². The molecule has 0 spiro atoms. The number of nitriles is 1. The summed E-state index contributed by atoms with van der Waals surface area (Å²) in [7, 11) is 0. The van der Waals surface area contributed by atoms with Gasteiger partial charge in [0.25, 0.3) is 0 Å². The van der Waals surface area contributed by atoms with Crippen LogP contribution in [0.2, 0.25) is 0 Å². The van der Waals surface area contributed by atoms with E-state index in [2.05, 4.69) is 13.0 Å². The Kier molecular flexibility index (Phi) is 7.84. The minimum Gasteiger partial charge on any atom is -0.494 e. The number of hydrogen-bond acceptors (Lipinski definition) is 4. The summed E-state index contributed by atoms with van der Waals surface area (Å²) in [6, 6.07) is 24.6. The standard InChI is InChI=1S/C27H27NO3/c1-3-4-7-18-30-25-16-14-22(15-17-25)21-10-12-23(13-11-21)27(29)31-20(2)26-9-6-5-8-24(26)19-28/h5-6,8-17,20H,3-4,7,18H2,1-2H3. The van der Waals surface area contributed by atoms with E-state index in [9.17, 15) is 10.1 Å². The molecule has 0 bridgehead atoms. The van der Waals surface area contributed by atoms with Gasteiger partial charge in [0.05, 0.1) is 23.8 Å². The van der Waals surface area contributed by atoms with E-state index in [0.29, 0.717) is 16.7 Å². The Hall–Kier alpha value is -3.58. The molecule has 4 nitrogen and oxygen atoms in total. The summed E-state index contributed by atoms with van der Waals surface area (Å²) in [5.41, 5.74) is 3.75. The molecule has 0 aliphatic carbocycles. The van der Waals surface area contributed by atoms with Crippen LogP contribution in [-0.2, 0) is 4.74 Å². The van der Waals surface area contributed by atoms with Crippen LogP contribution < -0.4 is 4.74 Å². The Balaban J connectivity index is 1.62. The van der Waals surface area contributed by atoms with Gasteiger partial charge in [-0.15, -0.1) is 0 Å². The second-order valence-electron chi connectivity index (χ2n) is 7.40. The molecular weight excluding hydrogens is 386 g/mol. The average Bonchev–Trinajstić information content (AvgIpc) is 2.82. The molecule has 0 fully saturated rings. The average molecular weight is 414 g/mol. The maximum atomic E-state index is 12.5. The van der Waals surface area contributed by atoms with Gasteiger partial charge < -0.3 is 9.47 Å². The lowest BCUT2D eigenvalue weighted by Gasteiger charge is -2.15. The first-order chi connectivity index (χ1) is 15.1. The van der Waals surface area contributed by atoms with Crippen LogP contribution >= 0.6 is 0 Å². The van der Waals surface area contributed by atoms with Gasteiger partial charge in [0.15, 0.2) is 0 Å². The highest BCUT2D eigenvalue weighted by Gasteiger charge is 2.16. The number of ether oxygens (including phenoxy) is 2. The van der Waals surface area contributed by atoms with Crippen LogP contribution in [0.5, 0.6) is 5.75 Å². The molecule has 4 heteroatoms. The SMILES string of the molecule is CCCCCOc1ccc(-c2ccc(C(=O)OC(C)c3ccccc3C#N)cc2)cc1. The van der Waals surface area contributed by atoms with Crippen molar-refractivity contribution < 1.29 is 14.3 Å². The Morgan fingerprint density at radius 3 is 2.23 bits per heavy atom. The summed E-state index contributed by atoms with van der Waals surface area (Å²) < 4.78 is 11.3. The van der Waals surface area contributed by atoms with Crippen LogP contribution in [0, 0.1) is 11.3 Å². The third kappa shape index (κ3) is 5.96. The van der Waals surface area contributed by atoms with Crippen molar-refractivity contribution >= 4 is 5.97 Å². The molecule has 0 aromatic heterocycles. The van der Waals surface area contributed by atoms with E-state index in [4.69, 9.17) is 9.47 Å². The number of esters is 1. The number of rotatable bonds is 9. The van der Waals surface area contributed by atoms with Crippen molar-refractivity contribution in [3.05, 3.63) is 89.5 Å². The van der Waals surface area contributed by atoms with Crippen molar-refractivity contribution in [1.29, 1.82) is 5.26 Å². The van der Waals surface area contributed by atoms with E-state index in [0.717, 1.165) is 29.9 Å². The normalized spacial score (nSPS) is 11.4. The molecular formula is C27H27NO3. The molecule has 0 aliphatic rings. The van der Waals surface area contributed by atoms with Gasteiger partial charge in [0, 0.05) is 5.56 Å². The van der Waals surface area contributed by atoms with Crippen molar-refractivity contribution in [3.8, 4) is 22.9 Å². The molecule has 3 aromatic rings. The summed E-state index contributed by atoms with van der Waals surface area (Å²) in [6.07, 6.45) is 2.91. The van der Waals surface area contributed by atoms with E-state index >= 15 is 0 Å². The van der Waals surface area contributed by atoms with Gasteiger partial charge in [-0.05, 0) is 54.8 Å². The number of carbonyl (C=O) groups is 1. The first kappa shape index (κ1) is 22.1. The van der Waals surface area contributed by atoms with Crippen LogP contribution in [0.1, 0.15) is 60.7 Å². The number of unbranched alkanes of at least 4 members (excludes halogenated alkanes) is 2. The molecule has 0 saturated carbocycles. The Bertz CT molecular complexity index is 1030. The number of hydrogen-bond donors (Lipinski definition) is 0. The maximum Gasteiger partial charge on any atom is 0.338 e. The highest BCUT2D eigenvalue weighted by atomic mass is 16.5. The number of carbonyl (C=O) groups excluding carboxylic acids is 1. The third-order valence-electron chi connectivity index (χ3n) is 5.13. The molecule has 158 valence electrons. The first-order valence-electron chi connectivity index (χ1n) is 10.7. The highest BCUT2D eigenvalue weighted by molar-refractivity contribution is 5.90. The zero-order valence-corrected chi connectivity index (χ0v) is 18.0. The van der Waals surface area contributed by atoms with E-state index in [-0.39, 0.29) is 0 Å². The molecule has 31 heavy (non-hydrogen) atoms. The van der Waals surface area contributed by atoms with Crippen LogP contribution in [0.15, 0.2) is 72.8 Å². The van der Waals surface area contributed by atoms with Crippen LogP contribution in [-0.4, -0.2) is 12.6 Å². The molecule has 3 aromatic carbocycles. The summed E-state index contributed by atoms with van der Waals surface area (Å²) in [4.78, 5) is 12.5. The number of nitrogens with zero attached hydrogens (tertiary/aromatic N) is 1. The summed E-state index contributed by atoms with van der Waals surface area (Å²) in [5, 5.41) is 9.24. The predicted octanol–water partition coefficient (Wildman–Crippen LogP) is 6.71. The molecule has 0 N–H and O–H groups in total. The molecule has 0 saturated heterocycles. The largest absolute Gasteiger partial charge is 0.494 e. The topological polar surface area (TPSA) is 59.3 Å². The second-order valence-corrected chi connectivity index (χ2v) is 7.40. The lowest BCUT2D eigenvalue weighted by atomic mass is 10.0. The minimum atomic E-state index is -0.507. The van der Waals surface area contributed by atoms with Gasteiger partial charge >= 0.3 is 5.97 Å². The fourth-order valence-corrected chi connectivity index (χ4v) is 3.33. The summed E-state index contributed by atoms with van der Waals surface area (Å²) >= 11 is 0. The molecule has 0 amide bonds. The van der Waals surface area contributed by atoms with Crippen molar-refractivity contribution in [2.45, 2.75) is 39.2 Å². The fourth-order valence-electron chi connectivity index (χ4n) is 3.33. The van der Waals surface area contributed by atoms with Crippen molar-refractivity contribution in [1.82, 2.24) is 0 Å². The second kappa shape index (κ2) is 11.0. The minimum absolute atomic E-state index is 0.414. The van der Waals surface area contributed by atoms with E-state index in [1.807, 2.05) is 42.5 Å². The molecule has 0 radical (unpaired) electrons. The summed E-state index contributed by atoms with van der Waals surface area (Å²) in [6.45, 7) is 4.68. The third-order valence-corrected chi connectivity index (χ3v) is 5.13. The zero-order chi connectivity index (χ0) is 22.1. The van der Waals surface area contributed by atoms with E-state index < -0.39 is 12.1 Å². The number of benzene rings is 3. The van der Waals surface area contributed by atoms with Crippen LogP contribution in [0.25, 0.3) is 11.1 Å². The van der Waals surface area contributed by atoms with Crippen molar-refractivity contribution in [2.75, 3.05) is 6.61 Å². The molecule has 3 rings (SSSR count). The van der Waals surface area contributed by atoms with E-state index in [1.54, 1.807) is 37.3 Å². The van der Waals surface area contributed by atoms with Crippen molar-refractivity contribution in [2.24, 2.45) is 0 Å². The van der Waals surface area contributed by atoms with E-state index in [1.165, 1.54) is 12.8 Å². The predicted molar refractivity (Wildman–Crippen MR) is 122 cm³/mol. The Morgan fingerprint density at radius 1 is 0.935 bits per heavy atom. The lowest BCUT2D eigenvalue weighted by molar-refractivity contribution is 0.0337. The zero-order valence-electron chi connectivity index (χ0n) is 18.0. The monoisotopic (exact) mass is 413 g/mol. The van der Waals surface area contributed by atoms with Gasteiger partial charge in [-0.3, -0.25) is 0 Å². The Morgan fingerprint density at radius 2 is 1.58 bits per heavy atom. The first-order valence-corrected chi connectivity index (χ1v) is 10.7. The fraction of sp³-hybridized carbons (Fsp3) is 0.259.